The van der Waals surface area contributed by atoms with Crippen LogP contribution in [0.25, 0.3) is 0 Å². The van der Waals surface area contributed by atoms with Crippen molar-refractivity contribution in [1.82, 2.24) is 5.32 Å². The first-order valence-electron chi connectivity index (χ1n) is 7.65. The minimum absolute atomic E-state index is 0.0792. The second-order valence-corrected chi connectivity index (χ2v) is 6.48. The number of halogens is 3. The van der Waals surface area contributed by atoms with Crippen LogP contribution >= 0.6 is 0 Å². The van der Waals surface area contributed by atoms with Gasteiger partial charge >= 0.3 is 6.18 Å². The molecule has 7 heteroatoms. The van der Waals surface area contributed by atoms with Gasteiger partial charge < -0.3 is 10.1 Å². The smallest absolute Gasteiger partial charge is 0.422 e. The van der Waals surface area contributed by atoms with E-state index in [4.69, 9.17) is 4.74 Å². The molecule has 0 saturated carbocycles. The summed E-state index contributed by atoms with van der Waals surface area (Å²) in [7, 11) is 0. The molecule has 0 radical (unpaired) electrons. The van der Waals surface area contributed by atoms with Crippen LogP contribution in [-0.4, -0.2) is 30.0 Å². The fourth-order valence-electron chi connectivity index (χ4n) is 2.97. The molecule has 1 aliphatic heterocycles. The highest BCUT2D eigenvalue weighted by Crippen LogP contribution is 2.36. The molecular weight excluding hydrogens is 323 g/mol. The Bertz CT molecular complexity index is 680. The SMILES string of the molecule is CCc1cc(OCC(F)(F)F)cc(C)c1C1C(=O)NC(C)(C)C1=O. The number of amides is 1. The number of alkyl halides is 3. The first-order chi connectivity index (χ1) is 11.0. The van der Waals surface area contributed by atoms with Gasteiger partial charge in [-0.15, -0.1) is 0 Å². The normalized spacial score (nSPS) is 20.2. The summed E-state index contributed by atoms with van der Waals surface area (Å²) in [4.78, 5) is 24.8. The van der Waals surface area contributed by atoms with E-state index in [1.807, 2.05) is 6.92 Å². The van der Waals surface area contributed by atoms with E-state index in [0.29, 0.717) is 23.1 Å². The summed E-state index contributed by atoms with van der Waals surface area (Å²) in [6.07, 6.45) is -3.96. The molecule has 0 aliphatic carbocycles. The van der Waals surface area contributed by atoms with Gasteiger partial charge in [0.25, 0.3) is 0 Å². The van der Waals surface area contributed by atoms with Gasteiger partial charge in [-0.25, -0.2) is 0 Å². The molecule has 1 amide bonds. The fourth-order valence-corrected chi connectivity index (χ4v) is 2.97. The van der Waals surface area contributed by atoms with Gasteiger partial charge in [-0.1, -0.05) is 6.92 Å². The Hall–Kier alpha value is -2.05. The topological polar surface area (TPSA) is 55.4 Å². The Morgan fingerprint density at radius 1 is 1.25 bits per heavy atom. The molecule has 4 nitrogen and oxygen atoms in total. The molecule has 1 unspecified atom stereocenters. The molecule has 1 saturated heterocycles. The van der Waals surface area contributed by atoms with Crippen LogP contribution in [-0.2, 0) is 16.0 Å². The van der Waals surface area contributed by atoms with Gasteiger partial charge in [0.1, 0.15) is 11.7 Å². The second kappa shape index (κ2) is 6.11. The van der Waals surface area contributed by atoms with Gasteiger partial charge in [-0.2, -0.15) is 13.2 Å². The van der Waals surface area contributed by atoms with Gasteiger partial charge in [0.2, 0.25) is 5.91 Å². The Balaban J connectivity index is 2.41. The van der Waals surface area contributed by atoms with Gasteiger partial charge in [0.15, 0.2) is 12.4 Å². The average molecular weight is 343 g/mol. The van der Waals surface area contributed by atoms with Crippen molar-refractivity contribution in [1.29, 1.82) is 0 Å². The standard InChI is InChI=1S/C17H20F3NO3/c1-5-10-7-11(24-8-17(18,19)20)6-9(2)12(10)13-14(22)16(3,4)21-15(13)23/h6-7,13H,5,8H2,1-4H3,(H,21,23). The van der Waals surface area contributed by atoms with Crippen molar-refractivity contribution >= 4 is 11.7 Å². The lowest BCUT2D eigenvalue weighted by Crippen LogP contribution is -2.39. The highest BCUT2D eigenvalue weighted by atomic mass is 19.4. The number of carbonyl (C=O) groups is 2. The molecule has 1 atom stereocenters. The van der Waals surface area contributed by atoms with Gasteiger partial charge in [0.05, 0.1) is 5.54 Å². The molecule has 1 fully saturated rings. The Labute approximate surface area is 138 Å². The van der Waals surface area contributed by atoms with E-state index in [9.17, 15) is 22.8 Å². The third-order valence-electron chi connectivity index (χ3n) is 4.09. The van der Waals surface area contributed by atoms with Crippen molar-refractivity contribution in [3.63, 3.8) is 0 Å². The zero-order valence-corrected chi connectivity index (χ0v) is 14.0. The summed E-state index contributed by atoms with van der Waals surface area (Å²) in [5.74, 6) is -1.48. The molecule has 1 aromatic rings. The number of ether oxygens (including phenoxy) is 1. The van der Waals surface area contributed by atoms with Gasteiger partial charge in [-0.05, 0) is 56.0 Å². The minimum atomic E-state index is -4.43. The zero-order chi connectivity index (χ0) is 18.3. The third-order valence-corrected chi connectivity index (χ3v) is 4.09. The lowest BCUT2D eigenvalue weighted by molar-refractivity contribution is -0.153. The molecule has 0 spiro atoms. The molecule has 132 valence electrons. The zero-order valence-electron chi connectivity index (χ0n) is 14.0. The molecule has 1 heterocycles. The molecular formula is C17H20F3NO3. The lowest BCUT2D eigenvalue weighted by atomic mass is 9.83. The summed E-state index contributed by atoms with van der Waals surface area (Å²) >= 11 is 0. The van der Waals surface area contributed by atoms with E-state index in [1.165, 1.54) is 12.1 Å². The number of rotatable bonds is 4. The van der Waals surface area contributed by atoms with Crippen LogP contribution in [0.1, 0.15) is 43.4 Å². The number of benzene rings is 1. The van der Waals surface area contributed by atoms with Crippen LogP contribution in [0, 0.1) is 6.92 Å². The van der Waals surface area contributed by atoms with Crippen molar-refractivity contribution in [3.8, 4) is 5.75 Å². The summed E-state index contributed by atoms with van der Waals surface area (Å²) in [5, 5.41) is 2.66. The quantitative estimate of drug-likeness (QED) is 0.855. The summed E-state index contributed by atoms with van der Waals surface area (Å²) < 4.78 is 41.7. The molecule has 0 aromatic heterocycles. The number of aryl methyl sites for hydroxylation is 2. The highest BCUT2D eigenvalue weighted by Gasteiger charge is 2.48. The predicted octanol–water partition coefficient (Wildman–Crippen LogP) is 3.06. The van der Waals surface area contributed by atoms with Crippen LogP contribution in [0.2, 0.25) is 0 Å². The third kappa shape index (κ3) is 3.55. The van der Waals surface area contributed by atoms with Crippen molar-refractivity contribution in [2.24, 2.45) is 0 Å². The molecule has 1 aromatic carbocycles. The maximum absolute atomic E-state index is 12.5. The largest absolute Gasteiger partial charge is 0.484 e. The number of ketones is 1. The number of nitrogens with one attached hydrogen (secondary N) is 1. The first kappa shape index (κ1) is 18.3. The van der Waals surface area contributed by atoms with E-state index in [0.717, 1.165) is 0 Å². The van der Waals surface area contributed by atoms with E-state index in [2.05, 4.69) is 5.32 Å². The van der Waals surface area contributed by atoms with E-state index in [1.54, 1.807) is 20.8 Å². The average Bonchev–Trinajstić information content (AvgIpc) is 2.64. The maximum Gasteiger partial charge on any atom is 0.422 e. The van der Waals surface area contributed by atoms with Crippen LogP contribution in [0.5, 0.6) is 5.75 Å². The molecule has 24 heavy (non-hydrogen) atoms. The lowest BCUT2D eigenvalue weighted by Gasteiger charge is -2.19. The minimum Gasteiger partial charge on any atom is -0.484 e. The summed E-state index contributed by atoms with van der Waals surface area (Å²) in [6, 6.07) is 2.91. The monoisotopic (exact) mass is 343 g/mol. The van der Waals surface area contributed by atoms with Gasteiger partial charge in [0, 0.05) is 0 Å². The maximum atomic E-state index is 12.5. The first-order valence-corrected chi connectivity index (χ1v) is 7.65. The van der Waals surface area contributed by atoms with Crippen LogP contribution in [0.3, 0.4) is 0 Å². The fraction of sp³-hybridized carbons (Fsp3) is 0.529. The Morgan fingerprint density at radius 3 is 2.33 bits per heavy atom. The highest BCUT2D eigenvalue weighted by molar-refractivity contribution is 6.17. The second-order valence-electron chi connectivity index (χ2n) is 6.48. The van der Waals surface area contributed by atoms with Crippen molar-refractivity contribution < 1.29 is 27.5 Å². The van der Waals surface area contributed by atoms with Crippen molar-refractivity contribution in [2.45, 2.75) is 51.7 Å². The van der Waals surface area contributed by atoms with E-state index >= 15 is 0 Å². The van der Waals surface area contributed by atoms with Gasteiger partial charge in [-0.3, -0.25) is 9.59 Å². The Kier molecular flexibility index (Phi) is 4.65. The summed E-state index contributed by atoms with van der Waals surface area (Å²) in [6.45, 7) is 5.36. The number of Topliss-reactive ketones (excluding diaryl/α,β-unsaturated/α-hetero) is 1. The summed E-state index contributed by atoms with van der Waals surface area (Å²) in [5.41, 5.74) is 0.811. The van der Waals surface area contributed by atoms with E-state index in [-0.39, 0.29) is 17.4 Å². The van der Waals surface area contributed by atoms with Crippen molar-refractivity contribution in [2.75, 3.05) is 6.61 Å². The number of hydrogen-bond acceptors (Lipinski definition) is 3. The molecule has 2 rings (SSSR count). The van der Waals surface area contributed by atoms with Crippen LogP contribution < -0.4 is 10.1 Å². The van der Waals surface area contributed by atoms with Crippen LogP contribution in [0.4, 0.5) is 13.2 Å². The number of carbonyl (C=O) groups excluding carboxylic acids is 2. The van der Waals surface area contributed by atoms with E-state index < -0.39 is 24.2 Å². The Morgan fingerprint density at radius 2 is 1.88 bits per heavy atom. The van der Waals surface area contributed by atoms with Crippen LogP contribution in [0.15, 0.2) is 12.1 Å². The number of hydrogen-bond donors (Lipinski definition) is 1. The predicted molar refractivity (Wildman–Crippen MR) is 82.1 cm³/mol. The molecule has 1 N–H and O–H groups in total. The molecule has 0 bridgehead atoms. The molecule has 1 aliphatic rings. The van der Waals surface area contributed by atoms with Crippen molar-refractivity contribution in [3.05, 3.63) is 28.8 Å².